The first kappa shape index (κ1) is 40.4. The van der Waals surface area contributed by atoms with Crippen molar-refractivity contribution in [3.63, 3.8) is 0 Å². The number of phenols is 1. The molecule has 1 heterocycles. The normalized spacial score (nSPS) is 42.1. The number of Topliss-reactive ketones (excluding diaryl/α,β-unsaturated/α-hetero) is 2. The maximum absolute atomic E-state index is 14.9. The SMILES string of the molecule is CC1(C)C(=O)[C@H](c2cccc(O)c2)C[C@@]2(C)[C@H]3CCC4=C([C@@H](C[C@@H](O)[C@H]5O[C@]5(C)[C@@H]5CCC[C@H]5c5cccc(N)c5)C5CCCCC5)C(=O)C[C@]4(C)[C@@]3(C)C[C@H](O)[C@@H]12. The second-order valence-corrected chi connectivity index (χ2v) is 21.9. The summed E-state index contributed by atoms with van der Waals surface area (Å²) >= 11 is 0. The van der Waals surface area contributed by atoms with E-state index in [1.54, 1.807) is 12.1 Å². The van der Waals surface area contributed by atoms with Gasteiger partial charge in [-0.2, -0.15) is 0 Å². The lowest BCUT2D eigenvalue weighted by Crippen LogP contribution is -2.67. The highest BCUT2D eigenvalue weighted by atomic mass is 16.6. The van der Waals surface area contributed by atoms with Crippen LogP contribution in [0.1, 0.15) is 154 Å². The van der Waals surface area contributed by atoms with Crippen molar-refractivity contribution in [3.8, 4) is 5.75 Å². The minimum Gasteiger partial charge on any atom is -0.508 e. The van der Waals surface area contributed by atoms with Gasteiger partial charge in [-0.05, 0) is 146 Å². The highest BCUT2D eigenvalue weighted by molar-refractivity contribution is 6.01. The molecule has 58 heavy (non-hydrogen) atoms. The highest BCUT2D eigenvalue weighted by Crippen LogP contribution is 2.75. The molecule has 0 amide bonds. The van der Waals surface area contributed by atoms with Crippen LogP contribution in [0, 0.1) is 51.2 Å². The van der Waals surface area contributed by atoms with Gasteiger partial charge in [-0.1, -0.05) is 90.1 Å². The third kappa shape index (κ3) is 5.97. The van der Waals surface area contributed by atoms with E-state index in [9.17, 15) is 24.9 Å². The fourth-order valence-electron chi connectivity index (χ4n) is 16.0. The molecule has 0 unspecified atom stereocenters. The van der Waals surface area contributed by atoms with Crippen molar-refractivity contribution in [1.29, 1.82) is 0 Å². The number of allylic oxidation sites excluding steroid dienone is 2. The number of rotatable bonds is 8. The van der Waals surface area contributed by atoms with E-state index in [0.29, 0.717) is 43.4 Å². The van der Waals surface area contributed by atoms with E-state index in [-0.39, 0.29) is 57.9 Å². The molecule has 2 aromatic rings. The summed E-state index contributed by atoms with van der Waals surface area (Å²) in [4.78, 5) is 29.3. The number of carbonyl (C=O) groups is 2. The first-order chi connectivity index (χ1) is 27.4. The van der Waals surface area contributed by atoms with Crippen molar-refractivity contribution in [2.24, 2.45) is 51.2 Å². The van der Waals surface area contributed by atoms with Gasteiger partial charge in [-0.25, -0.2) is 0 Å². The minimum atomic E-state index is -0.758. The third-order valence-electron chi connectivity index (χ3n) is 18.6. The molecule has 13 atom stereocenters. The van der Waals surface area contributed by atoms with E-state index >= 15 is 0 Å². The predicted molar refractivity (Wildman–Crippen MR) is 227 cm³/mol. The molecule has 9 rings (SSSR count). The molecule has 2 aromatic carbocycles. The van der Waals surface area contributed by atoms with Crippen molar-refractivity contribution < 1.29 is 29.6 Å². The zero-order valence-electron chi connectivity index (χ0n) is 35.9. The zero-order chi connectivity index (χ0) is 41.2. The van der Waals surface area contributed by atoms with Crippen LogP contribution in [0.15, 0.2) is 59.7 Å². The van der Waals surface area contributed by atoms with Crippen LogP contribution < -0.4 is 5.73 Å². The number of nitrogens with two attached hydrogens (primary N) is 1. The molecule has 314 valence electrons. The molecule has 0 spiro atoms. The number of benzene rings is 2. The van der Waals surface area contributed by atoms with Crippen molar-refractivity contribution in [2.45, 2.75) is 167 Å². The molecule has 7 heteroatoms. The van der Waals surface area contributed by atoms with Crippen LogP contribution in [0.4, 0.5) is 5.69 Å². The minimum absolute atomic E-state index is 0.0141. The van der Waals surface area contributed by atoms with E-state index in [2.05, 4.69) is 39.8 Å². The summed E-state index contributed by atoms with van der Waals surface area (Å²) in [5.41, 5.74) is 9.10. The van der Waals surface area contributed by atoms with Gasteiger partial charge in [0.2, 0.25) is 0 Å². The molecule has 6 fully saturated rings. The van der Waals surface area contributed by atoms with E-state index < -0.39 is 28.6 Å². The Morgan fingerprint density at radius 3 is 2.31 bits per heavy atom. The largest absolute Gasteiger partial charge is 0.508 e. The summed E-state index contributed by atoms with van der Waals surface area (Å²) in [6.07, 6.45) is 11.3. The summed E-state index contributed by atoms with van der Waals surface area (Å²) in [7, 11) is 0. The number of hydrogen-bond acceptors (Lipinski definition) is 7. The highest BCUT2D eigenvalue weighted by Gasteiger charge is 2.71. The fourth-order valence-corrected chi connectivity index (χ4v) is 16.0. The van der Waals surface area contributed by atoms with Gasteiger partial charge >= 0.3 is 0 Å². The molecule has 1 saturated heterocycles. The Bertz CT molecular complexity index is 2000. The van der Waals surface area contributed by atoms with E-state index in [4.69, 9.17) is 10.5 Å². The van der Waals surface area contributed by atoms with Crippen molar-refractivity contribution in [3.05, 3.63) is 70.8 Å². The topological polar surface area (TPSA) is 133 Å². The second kappa shape index (κ2) is 14.0. The number of ether oxygens (including phenoxy) is 1. The molecule has 1 aliphatic heterocycles. The number of aliphatic hydroxyl groups excluding tert-OH is 2. The molecule has 0 aromatic heterocycles. The Balaban J connectivity index is 1.04. The van der Waals surface area contributed by atoms with Gasteiger partial charge in [0.05, 0.1) is 17.8 Å². The first-order valence-electron chi connectivity index (χ1n) is 22.9. The molecule has 5 N–H and O–H groups in total. The van der Waals surface area contributed by atoms with E-state index in [1.165, 1.54) is 17.6 Å². The van der Waals surface area contributed by atoms with Crippen molar-refractivity contribution in [2.75, 3.05) is 5.73 Å². The summed E-state index contributed by atoms with van der Waals surface area (Å²) in [5.74, 6) is 1.17. The summed E-state index contributed by atoms with van der Waals surface area (Å²) in [6, 6.07) is 15.5. The van der Waals surface area contributed by atoms with Crippen LogP contribution in [0.5, 0.6) is 5.75 Å². The van der Waals surface area contributed by atoms with Gasteiger partial charge in [0.25, 0.3) is 0 Å². The quantitative estimate of drug-likeness (QED) is 0.155. The summed E-state index contributed by atoms with van der Waals surface area (Å²) in [5, 5.41) is 35.1. The van der Waals surface area contributed by atoms with Crippen LogP contribution in [0.2, 0.25) is 0 Å². The Morgan fingerprint density at radius 1 is 0.862 bits per heavy atom. The molecular formula is C51H69NO6. The van der Waals surface area contributed by atoms with Gasteiger partial charge in [0.1, 0.15) is 17.6 Å². The zero-order valence-corrected chi connectivity index (χ0v) is 35.9. The number of aliphatic hydroxyl groups is 2. The van der Waals surface area contributed by atoms with Gasteiger partial charge in [-0.15, -0.1) is 0 Å². The lowest BCUT2D eigenvalue weighted by Gasteiger charge is -2.69. The van der Waals surface area contributed by atoms with E-state index in [1.807, 2.05) is 38.1 Å². The monoisotopic (exact) mass is 792 g/mol. The van der Waals surface area contributed by atoms with Crippen LogP contribution in [0.25, 0.3) is 0 Å². The van der Waals surface area contributed by atoms with Crippen LogP contribution in [-0.2, 0) is 14.3 Å². The molecule has 6 aliphatic carbocycles. The lowest BCUT2D eigenvalue weighted by molar-refractivity contribution is -0.219. The number of nitrogen functional groups attached to an aromatic ring is 1. The maximum atomic E-state index is 14.9. The standard InChI is InChI=1S/C51H69NO6/c1-47(2)44-41(56)28-50(5)42(48(44,3)26-36(45(47)57)31-16-11-18-33(53)24-31)22-21-38-43(40(55)27-49(38,50)4)35(29-13-8-7-9-14-29)25-39(54)46-51(6,58-46)37-20-12-19-34(37)30-15-10-17-32(52)23-30/h10-11,15-18,23-24,29,34-37,39,41-42,44,46,53-54,56H,7-9,12-14,19-22,25-28,52H2,1-6H3/t34-,35-,36-,37+,39+,41-,42+,44-,46+,48-,49-,50-,51+/m0/s1. The molecule has 7 nitrogen and oxygen atoms in total. The fraction of sp³-hybridized carbons (Fsp3) is 0.686. The van der Waals surface area contributed by atoms with Crippen LogP contribution in [-0.4, -0.2) is 50.8 Å². The Labute approximate surface area is 346 Å². The number of carbonyl (C=O) groups excluding carboxylic acids is 2. The summed E-state index contributed by atoms with van der Waals surface area (Å²) in [6.45, 7) is 13.3. The number of ketones is 2. The molecule has 5 saturated carbocycles. The van der Waals surface area contributed by atoms with Crippen LogP contribution >= 0.6 is 0 Å². The van der Waals surface area contributed by atoms with Gasteiger partial charge < -0.3 is 25.8 Å². The van der Waals surface area contributed by atoms with Crippen molar-refractivity contribution in [1.82, 2.24) is 0 Å². The van der Waals surface area contributed by atoms with E-state index in [0.717, 1.165) is 74.6 Å². The maximum Gasteiger partial charge on any atom is 0.160 e. The number of fused-ring (bicyclic) bond motifs is 5. The number of anilines is 1. The number of aromatic hydroxyl groups is 1. The Kier molecular flexibility index (Phi) is 9.77. The first-order valence-corrected chi connectivity index (χ1v) is 22.9. The lowest BCUT2D eigenvalue weighted by atomic mass is 9.35. The Morgan fingerprint density at radius 2 is 1.59 bits per heavy atom. The van der Waals surface area contributed by atoms with Crippen molar-refractivity contribution >= 4 is 17.3 Å². The van der Waals surface area contributed by atoms with Crippen LogP contribution in [0.3, 0.4) is 0 Å². The van der Waals surface area contributed by atoms with Gasteiger partial charge in [0.15, 0.2) is 5.78 Å². The average molecular weight is 792 g/mol. The molecular weight excluding hydrogens is 723 g/mol. The number of epoxide rings is 1. The van der Waals surface area contributed by atoms with Gasteiger partial charge in [-0.3, -0.25) is 9.59 Å². The summed E-state index contributed by atoms with van der Waals surface area (Å²) < 4.78 is 6.62. The number of hydrogen-bond donors (Lipinski definition) is 4. The smallest absolute Gasteiger partial charge is 0.160 e. The predicted octanol–water partition coefficient (Wildman–Crippen LogP) is 9.82. The number of phenolic OH excluding ortho intramolecular Hbond substituents is 1. The Hall–Kier alpha value is -3.00. The molecule has 0 radical (unpaired) electrons. The molecule has 7 aliphatic rings. The molecule has 0 bridgehead atoms. The second-order valence-electron chi connectivity index (χ2n) is 21.9. The average Bonchev–Trinajstić information content (AvgIpc) is 3.48. The van der Waals surface area contributed by atoms with Gasteiger partial charge in [0, 0.05) is 34.8 Å². The third-order valence-corrected chi connectivity index (χ3v) is 18.6.